The van der Waals surface area contributed by atoms with Gasteiger partial charge in [0.25, 0.3) is 10.0 Å². The number of benzene rings is 2. The Bertz CT molecular complexity index is 850. The molecule has 24 heavy (non-hydrogen) atoms. The van der Waals surface area contributed by atoms with E-state index < -0.39 is 39.4 Å². The average molecular weight is 361 g/mol. The van der Waals surface area contributed by atoms with Crippen molar-refractivity contribution in [1.29, 1.82) is 0 Å². The van der Waals surface area contributed by atoms with Crippen molar-refractivity contribution in [2.24, 2.45) is 0 Å². The molecule has 0 unspecified atom stereocenters. The molecule has 0 fully saturated rings. The smallest absolute Gasteiger partial charge is 0.478 e. The Kier molecular flexibility index (Phi) is 4.69. The van der Waals surface area contributed by atoms with Crippen molar-refractivity contribution in [3.05, 3.63) is 54.1 Å². The van der Waals surface area contributed by atoms with E-state index in [1.165, 1.54) is 24.3 Å². The molecular weight excluding hydrogens is 351 g/mol. The number of rotatable bonds is 5. The highest BCUT2D eigenvalue weighted by Gasteiger charge is 2.31. The quantitative estimate of drug-likeness (QED) is 0.854. The third kappa shape index (κ3) is 4.38. The van der Waals surface area contributed by atoms with Crippen LogP contribution in [0.2, 0.25) is 0 Å². The number of ether oxygens (including phenoxy) is 1. The van der Waals surface area contributed by atoms with Gasteiger partial charge in [-0.1, -0.05) is 18.2 Å². The van der Waals surface area contributed by atoms with Gasteiger partial charge < -0.3 is 9.84 Å². The van der Waals surface area contributed by atoms with Gasteiger partial charge in [0.05, 0.1) is 16.1 Å². The molecule has 0 aliphatic rings. The minimum Gasteiger partial charge on any atom is -0.478 e. The fourth-order valence-corrected chi connectivity index (χ4v) is 2.89. The van der Waals surface area contributed by atoms with E-state index in [-0.39, 0.29) is 4.90 Å². The van der Waals surface area contributed by atoms with E-state index in [9.17, 15) is 26.4 Å². The first-order valence-corrected chi connectivity index (χ1v) is 7.78. The van der Waals surface area contributed by atoms with Crippen LogP contribution in [0.25, 0.3) is 0 Å². The van der Waals surface area contributed by atoms with Gasteiger partial charge in [0.1, 0.15) is 5.75 Å². The Morgan fingerprint density at radius 2 is 1.71 bits per heavy atom. The van der Waals surface area contributed by atoms with Gasteiger partial charge in [0.2, 0.25) is 0 Å². The van der Waals surface area contributed by atoms with Gasteiger partial charge in [-0.05, 0) is 24.3 Å². The predicted molar refractivity (Wildman–Crippen MR) is 77.3 cm³/mol. The molecule has 0 radical (unpaired) electrons. The Morgan fingerprint density at radius 3 is 2.25 bits per heavy atom. The molecule has 0 aromatic heterocycles. The van der Waals surface area contributed by atoms with E-state index in [0.717, 1.165) is 12.1 Å². The molecule has 0 aliphatic carbocycles. The lowest BCUT2D eigenvalue weighted by Gasteiger charge is -2.14. The summed E-state index contributed by atoms with van der Waals surface area (Å²) in [5.74, 6) is -2.27. The minimum atomic E-state index is -5.00. The number of nitrogens with one attached hydrogen (secondary N) is 1. The Balaban J connectivity index is 2.43. The second-order valence-corrected chi connectivity index (χ2v) is 6.16. The number of aromatic carboxylic acids is 1. The molecule has 2 aromatic carbocycles. The summed E-state index contributed by atoms with van der Waals surface area (Å²) in [6.45, 7) is 0. The maximum atomic E-state index is 12.3. The highest BCUT2D eigenvalue weighted by Crippen LogP contribution is 2.29. The summed E-state index contributed by atoms with van der Waals surface area (Å²) < 4.78 is 66.8. The second-order valence-electron chi connectivity index (χ2n) is 4.48. The van der Waals surface area contributed by atoms with Gasteiger partial charge in [-0.2, -0.15) is 0 Å². The number of carboxylic acid groups (broad SMARTS) is 1. The maximum absolute atomic E-state index is 12.3. The van der Waals surface area contributed by atoms with Crippen LogP contribution in [0.5, 0.6) is 5.75 Å². The molecule has 10 heteroatoms. The first-order chi connectivity index (χ1) is 11.1. The summed E-state index contributed by atoms with van der Waals surface area (Å²) in [6.07, 6.45) is -5.00. The second kappa shape index (κ2) is 6.40. The Morgan fingerprint density at radius 1 is 1.08 bits per heavy atom. The zero-order valence-electron chi connectivity index (χ0n) is 11.7. The van der Waals surface area contributed by atoms with Crippen molar-refractivity contribution >= 4 is 21.7 Å². The van der Waals surface area contributed by atoms with Crippen LogP contribution in [-0.4, -0.2) is 25.9 Å². The summed E-state index contributed by atoms with van der Waals surface area (Å²) in [4.78, 5) is 11.0. The zero-order valence-corrected chi connectivity index (χ0v) is 12.6. The summed E-state index contributed by atoms with van der Waals surface area (Å²) in [5, 5.41) is 9.06. The average Bonchev–Trinajstić information content (AvgIpc) is 2.46. The van der Waals surface area contributed by atoms with E-state index in [0.29, 0.717) is 6.07 Å². The van der Waals surface area contributed by atoms with Crippen LogP contribution in [0.1, 0.15) is 10.4 Å². The molecule has 2 aromatic rings. The molecule has 128 valence electrons. The van der Waals surface area contributed by atoms with Crippen LogP contribution in [0.4, 0.5) is 18.9 Å². The normalized spacial score (nSPS) is 11.8. The summed E-state index contributed by atoms with van der Waals surface area (Å²) in [7, 11) is -4.18. The fraction of sp³-hybridized carbons (Fsp3) is 0.0714. The minimum absolute atomic E-state index is 0.177. The molecule has 2 rings (SSSR count). The van der Waals surface area contributed by atoms with Crippen molar-refractivity contribution < 1.29 is 36.2 Å². The third-order valence-electron chi connectivity index (χ3n) is 2.75. The maximum Gasteiger partial charge on any atom is 0.573 e. The monoisotopic (exact) mass is 361 g/mol. The number of sulfonamides is 1. The number of carbonyl (C=O) groups is 1. The first-order valence-electron chi connectivity index (χ1n) is 6.29. The topological polar surface area (TPSA) is 92.7 Å². The number of halogens is 3. The molecule has 0 heterocycles. The van der Waals surface area contributed by atoms with Crippen LogP contribution in [0.15, 0.2) is 53.4 Å². The van der Waals surface area contributed by atoms with Gasteiger partial charge in [0, 0.05) is 6.07 Å². The van der Waals surface area contributed by atoms with Gasteiger partial charge in [-0.15, -0.1) is 13.2 Å². The van der Waals surface area contributed by atoms with Crippen molar-refractivity contribution in [2.45, 2.75) is 11.3 Å². The van der Waals surface area contributed by atoms with Crippen LogP contribution in [-0.2, 0) is 10.0 Å². The molecule has 2 N–H and O–H groups in total. The SMILES string of the molecule is O=C(O)c1ccc(OC(F)(F)F)cc1NS(=O)(=O)c1ccccc1. The summed E-state index contributed by atoms with van der Waals surface area (Å²) in [5.41, 5.74) is -1.07. The number of hydrogen-bond acceptors (Lipinski definition) is 4. The van der Waals surface area contributed by atoms with Crippen LogP contribution < -0.4 is 9.46 Å². The lowest BCUT2D eigenvalue weighted by atomic mass is 10.2. The van der Waals surface area contributed by atoms with Crippen molar-refractivity contribution in [1.82, 2.24) is 0 Å². The summed E-state index contributed by atoms with van der Waals surface area (Å²) in [6, 6.07) is 9.18. The van der Waals surface area contributed by atoms with E-state index >= 15 is 0 Å². The van der Waals surface area contributed by atoms with Crippen molar-refractivity contribution in [3.8, 4) is 5.75 Å². The fourth-order valence-electron chi connectivity index (χ4n) is 1.79. The number of carboxylic acids is 1. The molecule has 0 bridgehead atoms. The summed E-state index contributed by atoms with van der Waals surface area (Å²) >= 11 is 0. The van der Waals surface area contributed by atoms with Gasteiger partial charge in [-0.3, -0.25) is 4.72 Å². The Hall–Kier alpha value is -2.75. The van der Waals surface area contributed by atoms with Gasteiger partial charge in [-0.25, -0.2) is 13.2 Å². The van der Waals surface area contributed by atoms with Gasteiger partial charge >= 0.3 is 12.3 Å². The molecule has 0 atom stereocenters. The highest BCUT2D eigenvalue weighted by atomic mass is 32.2. The first kappa shape index (κ1) is 17.6. The lowest BCUT2D eigenvalue weighted by Crippen LogP contribution is -2.19. The van der Waals surface area contributed by atoms with E-state index in [1.54, 1.807) is 6.07 Å². The number of hydrogen-bond donors (Lipinski definition) is 2. The largest absolute Gasteiger partial charge is 0.573 e. The highest BCUT2D eigenvalue weighted by molar-refractivity contribution is 7.92. The lowest BCUT2D eigenvalue weighted by molar-refractivity contribution is -0.274. The van der Waals surface area contributed by atoms with Crippen molar-refractivity contribution in [2.75, 3.05) is 4.72 Å². The molecule has 0 aliphatic heterocycles. The Labute approximate surface area is 134 Å². The van der Waals surface area contributed by atoms with E-state index in [1.807, 2.05) is 4.72 Å². The van der Waals surface area contributed by atoms with E-state index in [4.69, 9.17) is 5.11 Å². The molecule has 6 nitrogen and oxygen atoms in total. The van der Waals surface area contributed by atoms with Crippen molar-refractivity contribution in [3.63, 3.8) is 0 Å². The standard InChI is InChI=1S/C14H10F3NO5S/c15-14(16,17)23-9-6-7-11(13(19)20)12(8-9)18-24(21,22)10-4-2-1-3-5-10/h1-8,18H,(H,19,20). The zero-order chi connectivity index (χ0) is 18.0. The van der Waals surface area contributed by atoms with E-state index in [2.05, 4.69) is 4.74 Å². The molecule has 0 amide bonds. The number of alkyl halides is 3. The molecule has 0 spiro atoms. The van der Waals surface area contributed by atoms with Crippen LogP contribution in [0, 0.1) is 0 Å². The van der Waals surface area contributed by atoms with Crippen LogP contribution >= 0.6 is 0 Å². The van der Waals surface area contributed by atoms with Crippen LogP contribution in [0.3, 0.4) is 0 Å². The third-order valence-corrected chi connectivity index (χ3v) is 4.13. The molecule has 0 saturated heterocycles. The molecule has 0 saturated carbocycles. The van der Waals surface area contributed by atoms with Gasteiger partial charge in [0.15, 0.2) is 0 Å². The number of anilines is 1. The predicted octanol–water partition coefficient (Wildman–Crippen LogP) is 3.08. The molecular formula is C14H10F3NO5S.